The van der Waals surface area contributed by atoms with Crippen molar-refractivity contribution in [3.05, 3.63) is 33.8 Å². The Morgan fingerprint density at radius 3 is 2.22 bits per heavy atom. The summed E-state index contributed by atoms with van der Waals surface area (Å²) in [4.78, 5) is 10.9. The third-order valence-corrected chi connectivity index (χ3v) is 3.18. The van der Waals surface area contributed by atoms with Crippen LogP contribution < -0.4 is 5.73 Å². The molecule has 2 atom stereocenters. The zero-order chi connectivity index (χ0) is 13.9. The van der Waals surface area contributed by atoms with Crippen LogP contribution in [0.5, 0.6) is 0 Å². The van der Waals surface area contributed by atoms with Crippen molar-refractivity contribution in [1.82, 2.24) is 0 Å². The molecule has 1 rings (SSSR count). The van der Waals surface area contributed by atoms with Gasteiger partial charge in [0.2, 0.25) is 0 Å². The number of primary amides is 1. The summed E-state index contributed by atoms with van der Waals surface area (Å²) in [5, 5.41) is 10.7. The van der Waals surface area contributed by atoms with Crippen LogP contribution in [0.2, 0.25) is 10.0 Å². The second kappa shape index (κ2) is 6.27. The number of amides is 1. The lowest BCUT2D eigenvalue weighted by atomic mass is 9.96. The van der Waals surface area contributed by atoms with Gasteiger partial charge in [0.1, 0.15) is 0 Å². The SMILES string of the molecule is CC(C)C(O)C(OC(N)=O)c1c(Cl)cccc1Cl. The molecule has 0 saturated carbocycles. The molecule has 0 aliphatic carbocycles. The Morgan fingerprint density at radius 1 is 1.33 bits per heavy atom. The maximum atomic E-state index is 10.9. The predicted octanol–water partition coefficient (Wildman–Crippen LogP) is 3.15. The molecule has 0 aromatic heterocycles. The van der Waals surface area contributed by atoms with Gasteiger partial charge in [-0.2, -0.15) is 0 Å². The maximum absolute atomic E-state index is 10.9. The van der Waals surface area contributed by atoms with Crippen LogP contribution in [0, 0.1) is 5.92 Å². The molecule has 4 nitrogen and oxygen atoms in total. The average molecular weight is 292 g/mol. The third-order valence-electron chi connectivity index (χ3n) is 2.52. The Balaban J connectivity index is 3.21. The molecular formula is C12H15Cl2NO3. The van der Waals surface area contributed by atoms with E-state index in [4.69, 9.17) is 33.7 Å². The lowest BCUT2D eigenvalue weighted by Crippen LogP contribution is -2.30. The zero-order valence-corrected chi connectivity index (χ0v) is 11.6. The highest BCUT2D eigenvalue weighted by atomic mass is 35.5. The van der Waals surface area contributed by atoms with E-state index in [1.54, 1.807) is 32.0 Å². The number of aliphatic hydroxyl groups is 1. The summed E-state index contributed by atoms with van der Waals surface area (Å²) < 4.78 is 4.94. The molecule has 2 unspecified atom stereocenters. The number of halogens is 2. The van der Waals surface area contributed by atoms with E-state index in [2.05, 4.69) is 0 Å². The quantitative estimate of drug-likeness (QED) is 0.895. The number of rotatable bonds is 4. The first-order valence-electron chi connectivity index (χ1n) is 5.42. The van der Waals surface area contributed by atoms with E-state index in [0.29, 0.717) is 15.6 Å². The van der Waals surface area contributed by atoms with Crippen LogP contribution in [-0.2, 0) is 4.74 Å². The van der Waals surface area contributed by atoms with Gasteiger partial charge in [-0.05, 0) is 18.1 Å². The van der Waals surface area contributed by atoms with E-state index in [1.807, 2.05) is 0 Å². The monoisotopic (exact) mass is 291 g/mol. The fourth-order valence-electron chi connectivity index (χ4n) is 1.56. The van der Waals surface area contributed by atoms with E-state index in [9.17, 15) is 9.90 Å². The van der Waals surface area contributed by atoms with Crippen molar-refractivity contribution in [2.45, 2.75) is 26.1 Å². The molecule has 0 heterocycles. The van der Waals surface area contributed by atoms with Crippen LogP contribution in [0.3, 0.4) is 0 Å². The van der Waals surface area contributed by atoms with Gasteiger partial charge < -0.3 is 15.6 Å². The first-order chi connectivity index (χ1) is 8.34. The van der Waals surface area contributed by atoms with E-state index < -0.39 is 18.3 Å². The van der Waals surface area contributed by atoms with Gasteiger partial charge in [-0.3, -0.25) is 0 Å². The number of carbonyl (C=O) groups excluding carboxylic acids is 1. The smallest absolute Gasteiger partial charge is 0.405 e. The largest absolute Gasteiger partial charge is 0.439 e. The van der Waals surface area contributed by atoms with Crippen LogP contribution in [0.15, 0.2) is 18.2 Å². The summed E-state index contributed by atoms with van der Waals surface area (Å²) in [6, 6.07) is 4.87. The second-order valence-corrected chi connectivity index (χ2v) is 5.04. The van der Waals surface area contributed by atoms with Gasteiger partial charge in [-0.15, -0.1) is 0 Å². The molecule has 0 aliphatic heterocycles. The van der Waals surface area contributed by atoms with Crippen molar-refractivity contribution < 1.29 is 14.6 Å². The summed E-state index contributed by atoms with van der Waals surface area (Å²) >= 11 is 12.1. The Kier molecular flexibility index (Phi) is 5.26. The van der Waals surface area contributed by atoms with Crippen LogP contribution in [0.25, 0.3) is 0 Å². The minimum atomic E-state index is -0.990. The number of nitrogens with two attached hydrogens (primary N) is 1. The molecule has 0 spiro atoms. The Hall–Kier alpha value is -0.970. The summed E-state index contributed by atoms with van der Waals surface area (Å²) in [5.74, 6) is -0.151. The van der Waals surface area contributed by atoms with E-state index in [0.717, 1.165) is 0 Å². The lowest BCUT2D eigenvalue weighted by molar-refractivity contribution is -0.0184. The molecule has 1 aromatic carbocycles. The van der Waals surface area contributed by atoms with Crippen LogP contribution in [0.1, 0.15) is 25.5 Å². The fourth-order valence-corrected chi connectivity index (χ4v) is 2.17. The minimum Gasteiger partial charge on any atom is -0.439 e. The molecule has 0 fully saturated rings. The van der Waals surface area contributed by atoms with Gasteiger partial charge >= 0.3 is 6.09 Å². The van der Waals surface area contributed by atoms with Crippen molar-refractivity contribution in [2.75, 3.05) is 0 Å². The molecule has 100 valence electrons. The molecule has 6 heteroatoms. The van der Waals surface area contributed by atoms with Gasteiger partial charge in [0, 0.05) is 15.6 Å². The Morgan fingerprint density at radius 2 is 1.83 bits per heavy atom. The second-order valence-electron chi connectivity index (χ2n) is 4.23. The molecule has 1 amide bonds. The van der Waals surface area contributed by atoms with Crippen LogP contribution in [-0.4, -0.2) is 17.3 Å². The summed E-state index contributed by atoms with van der Waals surface area (Å²) in [6.45, 7) is 3.57. The molecule has 0 aliphatic rings. The van der Waals surface area contributed by atoms with E-state index >= 15 is 0 Å². The molecule has 3 N–H and O–H groups in total. The number of ether oxygens (including phenoxy) is 1. The third kappa shape index (κ3) is 3.51. The highest BCUT2D eigenvalue weighted by Crippen LogP contribution is 2.36. The average Bonchev–Trinajstić information content (AvgIpc) is 2.25. The van der Waals surface area contributed by atoms with Crippen molar-refractivity contribution >= 4 is 29.3 Å². The standard InChI is InChI=1S/C12H15Cl2NO3/c1-6(2)10(16)11(18-12(15)17)9-7(13)4-3-5-8(9)14/h3-6,10-11,16H,1-2H3,(H2,15,17). The number of benzene rings is 1. The normalized spacial score (nSPS) is 14.3. The lowest BCUT2D eigenvalue weighted by Gasteiger charge is -2.26. The van der Waals surface area contributed by atoms with Crippen molar-refractivity contribution in [3.63, 3.8) is 0 Å². The Bertz CT molecular complexity index is 417. The maximum Gasteiger partial charge on any atom is 0.405 e. The summed E-state index contributed by atoms with van der Waals surface area (Å²) in [5.41, 5.74) is 5.37. The van der Waals surface area contributed by atoms with Crippen LogP contribution in [0.4, 0.5) is 4.79 Å². The van der Waals surface area contributed by atoms with Crippen LogP contribution >= 0.6 is 23.2 Å². The molecular weight excluding hydrogens is 277 g/mol. The summed E-state index contributed by atoms with van der Waals surface area (Å²) in [7, 11) is 0. The Labute approximate surface area is 116 Å². The van der Waals surface area contributed by atoms with Gasteiger partial charge in [0.05, 0.1) is 6.10 Å². The van der Waals surface area contributed by atoms with Crippen molar-refractivity contribution in [1.29, 1.82) is 0 Å². The van der Waals surface area contributed by atoms with Gasteiger partial charge in [-0.1, -0.05) is 43.1 Å². The first-order valence-corrected chi connectivity index (χ1v) is 6.18. The molecule has 0 radical (unpaired) electrons. The van der Waals surface area contributed by atoms with Gasteiger partial charge in [-0.25, -0.2) is 4.79 Å². The minimum absolute atomic E-state index is 0.151. The number of aliphatic hydroxyl groups excluding tert-OH is 1. The zero-order valence-electron chi connectivity index (χ0n) is 10.1. The molecule has 0 bridgehead atoms. The van der Waals surface area contributed by atoms with Gasteiger partial charge in [0.15, 0.2) is 6.10 Å². The molecule has 1 aromatic rings. The van der Waals surface area contributed by atoms with E-state index in [1.165, 1.54) is 0 Å². The predicted molar refractivity (Wildman–Crippen MR) is 70.7 cm³/mol. The van der Waals surface area contributed by atoms with Crippen molar-refractivity contribution in [2.24, 2.45) is 11.7 Å². The molecule has 18 heavy (non-hydrogen) atoms. The van der Waals surface area contributed by atoms with Crippen molar-refractivity contribution in [3.8, 4) is 0 Å². The number of hydrogen-bond donors (Lipinski definition) is 2. The topological polar surface area (TPSA) is 72.6 Å². The summed E-state index contributed by atoms with van der Waals surface area (Å²) in [6.07, 6.45) is -2.92. The van der Waals surface area contributed by atoms with Gasteiger partial charge in [0.25, 0.3) is 0 Å². The molecule has 0 saturated heterocycles. The highest BCUT2D eigenvalue weighted by molar-refractivity contribution is 6.36. The number of hydrogen-bond acceptors (Lipinski definition) is 3. The highest BCUT2D eigenvalue weighted by Gasteiger charge is 2.30. The first kappa shape index (κ1) is 15.1. The van der Waals surface area contributed by atoms with E-state index in [-0.39, 0.29) is 5.92 Å². The number of carbonyl (C=O) groups is 1. The fraction of sp³-hybridized carbons (Fsp3) is 0.417.